The van der Waals surface area contributed by atoms with Crippen LogP contribution in [0.1, 0.15) is 36.3 Å². The Morgan fingerprint density at radius 2 is 1.90 bits per heavy atom. The SMILES string of the molecule is Cc1cccc(-c2noc(CCC(=O)N3CCC(Cc4ccccc4)CC3)n2)c1. The molecule has 0 unspecified atom stereocenters. The second-order valence-corrected chi connectivity index (χ2v) is 7.90. The molecular formula is C24H27N3O2. The monoisotopic (exact) mass is 389 g/mol. The highest BCUT2D eigenvalue weighted by Crippen LogP contribution is 2.22. The molecule has 0 bridgehead atoms. The molecule has 1 amide bonds. The Kier molecular flexibility index (Phi) is 6.03. The van der Waals surface area contributed by atoms with Gasteiger partial charge >= 0.3 is 0 Å². The smallest absolute Gasteiger partial charge is 0.227 e. The Bertz CT molecular complexity index is 944. The molecule has 0 aliphatic carbocycles. The van der Waals surface area contributed by atoms with Crippen LogP contribution in [0.25, 0.3) is 11.4 Å². The number of amides is 1. The molecule has 5 heteroatoms. The number of hydrogen-bond acceptors (Lipinski definition) is 4. The first-order valence-electron chi connectivity index (χ1n) is 10.4. The fraction of sp³-hybridized carbons (Fsp3) is 0.375. The number of likely N-dealkylation sites (tertiary alicyclic amines) is 1. The lowest BCUT2D eigenvalue weighted by Gasteiger charge is -2.32. The molecule has 2 aromatic carbocycles. The fourth-order valence-corrected chi connectivity index (χ4v) is 3.96. The van der Waals surface area contributed by atoms with Gasteiger partial charge in [-0.3, -0.25) is 4.79 Å². The van der Waals surface area contributed by atoms with Crippen LogP contribution in [-0.2, 0) is 17.6 Å². The van der Waals surface area contributed by atoms with Gasteiger partial charge in [0.15, 0.2) is 0 Å². The summed E-state index contributed by atoms with van der Waals surface area (Å²) in [5.74, 6) is 1.94. The zero-order chi connectivity index (χ0) is 20.1. The van der Waals surface area contributed by atoms with Crippen LogP contribution in [0.4, 0.5) is 0 Å². The van der Waals surface area contributed by atoms with E-state index in [4.69, 9.17) is 4.52 Å². The second-order valence-electron chi connectivity index (χ2n) is 7.90. The largest absolute Gasteiger partial charge is 0.343 e. The van der Waals surface area contributed by atoms with Gasteiger partial charge in [-0.1, -0.05) is 59.3 Å². The number of carbonyl (C=O) groups excluding carboxylic acids is 1. The highest BCUT2D eigenvalue weighted by Gasteiger charge is 2.23. The van der Waals surface area contributed by atoms with Gasteiger partial charge < -0.3 is 9.42 Å². The Labute approximate surface area is 171 Å². The van der Waals surface area contributed by atoms with Gasteiger partial charge in [-0.2, -0.15) is 4.98 Å². The number of benzene rings is 2. The van der Waals surface area contributed by atoms with E-state index in [2.05, 4.69) is 40.5 Å². The molecule has 3 aromatic rings. The normalized spacial score (nSPS) is 14.9. The summed E-state index contributed by atoms with van der Waals surface area (Å²) in [6, 6.07) is 18.6. The lowest BCUT2D eigenvalue weighted by atomic mass is 9.90. The van der Waals surface area contributed by atoms with Gasteiger partial charge in [0, 0.05) is 31.5 Å². The molecule has 1 fully saturated rings. The molecule has 150 valence electrons. The lowest BCUT2D eigenvalue weighted by molar-refractivity contribution is -0.132. The van der Waals surface area contributed by atoms with Crippen LogP contribution in [0.3, 0.4) is 0 Å². The van der Waals surface area contributed by atoms with Gasteiger partial charge in [0.1, 0.15) is 0 Å². The van der Waals surface area contributed by atoms with Crippen molar-refractivity contribution in [3.05, 3.63) is 71.6 Å². The number of nitrogens with zero attached hydrogens (tertiary/aromatic N) is 3. The summed E-state index contributed by atoms with van der Waals surface area (Å²) in [5.41, 5.74) is 3.48. The van der Waals surface area contributed by atoms with E-state index in [1.165, 1.54) is 5.56 Å². The number of rotatable bonds is 6. The highest BCUT2D eigenvalue weighted by atomic mass is 16.5. The summed E-state index contributed by atoms with van der Waals surface area (Å²) < 4.78 is 5.35. The molecule has 1 aliphatic heterocycles. The Morgan fingerprint density at radius 1 is 1.10 bits per heavy atom. The van der Waals surface area contributed by atoms with E-state index in [-0.39, 0.29) is 5.91 Å². The van der Waals surface area contributed by atoms with Crippen molar-refractivity contribution < 1.29 is 9.32 Å². The van der Waals surface area contributed by atoms with Crippen LogP contribution >= 0.6 is 0 Å². The maximum absolute atomic E-state index is 12.6. The number of hydrogen-bond donors (Lipinski definition) is 0. The summed E-state index contributed by atoms with van der Waals surface area (Å²) in [5, 5.41) is 4.06. The van der Waals surface area contributed by atoms with Crippen LogP contribution < -0.4 is 0 Å². The summed E-state index contributed by atoms with van der Waals surface area (Å²) in [4.78, 5) is 19.0. The first-order chi connectivity index (χ1) is 14.2. The Balaban J connectivity index is 1.24. The molecule has 0 spiro atoms. The quantitative estimate of drug-likeness (QED) is 0.625. The molecule has 29 heavy (non-hydrogen) atoms. The molecule has 1 saturated heterocycles. The summed E-state index contributed by atoms with van der Waals surface area (Å²) >= 11 is 0. The fourth-order valence-electron chi connectivity index (χ4n) is 3.96. The van der Waals surface area contributed by atoms with E-state index in [1.54, 1.807) is 0 Å². The van der Waals surface area contributed by atoms with Crippen LogP contribution in [0.2, 0.25) is 0 Å². The van der Waals surface area contributed by atoms with Crippen molar-refractivity contribution in [1.82, 2.24) is 15.0 Å². The first kappa shape index (κ1) is 19.4. The van der Waals surface area contributed by atoms with E-state index in [0.29, 0.717) is 30.5 Å². The van der Waals surface area contributed by atoms with Crippen molar-refractivity contribution in [2.45, 2.75) is 39.0 Å². The summed E-state index contributed by atoms with van der Waals surface area (Å²) in [7, 11) is 0. The van der Waals surface area contributed by atoms with E-state index in [9.17, 15) is 4.79 Å². The Hall–Kier alpha value is -2.95. The second kappa shape index (κ2) is 9.03. The van der Waals surface area contributed by atoms with Crippen molar-refractivity contribution in [2.24, 2.45) is 5.92 Å². The third kappa shape index (κ3) is 5.11. The molecule has 0 N–H and O–H groups in total. The van der Waals surface area contributed by atoms with E-state index >= 15 is 0 Å². The van der Waals surface area contributed by atoms with Crippen molar-refractivity contribution in [3.8, 4) is 11.4 Å². The first-order valence-corrected chi connectivity index (χ1v) is 10.4. The number of aromatic nitrogens is 2. The summed E-state index contributed by atoms with van der Waals surface area (Å²) in [6.07, 6.45) is 4.14. The average Bonchev–Trinajstić information content (AvgIpc) is 3.22. The van der Waals surface area contributed by atoms with E-state index < -0.39 is 0 Å². The van der Waals surface area contributed by atoms with Crippen molar-refractivity contribution >= 4 is 5.91 Å². The predicted octanol–water partition coefficient (Wildman–Crippen LogP) is 4.46. The lowest BCUT2D eigenvalue weighted by Crippen LogP contribution is -2.39. The Morgan fingerprint density at radius 3 is 2.66 bits per heavy atom. The number of carbonyl (C=O) groups is 1. The van der Waals surface area contributed by atoms with Gasteiger partial charge in [0.25, 0.3) is 0 Å². The maximum Gasteiger partial charge on any atom is 0.227 e. The molecule has 0 atom stereocenters. The molecule has 2 heterocycles. The van der Waals surface area contributed by atoms with Gasteiger partial charge in [-0.15, -0.1) is 0 Å². The maximum atomic E-state index is 12.6. The molecular weight excluding hydrogens is 362 g/mol. The minimum Gasteiger partial charge on any atom is -0.343 e. The number of aryl methyl sites for hydroxylation is 2. The molecule has 0 radical (unpaired) electrons. The van der Waals surface area contributed by atoms with Crippen molar-refractivity contribution in [2.75, 3.05) is 13.1 Å². The highest BCUT2D eigenvalue weighted by molar-refractivity contribution is 5.76. The molecule has 1 aliphatic rings. The zero-order valence-electron chi connectivity index (χ0n) is 16.9. The van der Waals surface area contributed by atoms with Gasteiger partial charge in [0.05, 0.1) is 0 Å². The minimum absolute atomic E-state index is 0.179. The number of piperidine rings is 1. The predicted molar refractivity (Wildman–Crippen MR) is 112 cm³/mol. The van der Waals surface area contributed by atoms with Gasteiger partial charge in [0.2, 0.25) is 17.6 Å². The van der Waals surface area contributed by atoms with Crippen LogP contribution in [0, 0.1) is 12.8 Å². The van der Waals surface area contributed by atoms with Gasteiger partial charge in [-0.25, -0.2) is 0 Å². The third-order valence-corrected chi connectivity index (χ3v) is 5.63. The summed E-state index contributed by atoms with van der Waals surface area (Å²) in [6.45, 7) is 3.72. The molecule has 0 saturated carbocycles. The molecule has 5 nitrogen and oxygen atoms in total. The van der Waals surface area contributed by atoms with Crippen molar-refractivity contribution in [3.63, 3.8) is 0 Å². The van der Waals surface area contributed by atoms with E-state index in [1.807, 2.05) is 36.1 Å². The minimum atomic E-state index is 0.179. The topological polar surface area (TPSA) is 59.2 Å². The van der Waals surface area contributed by atoms with Gasteiger partial charge in [-0.05, 0) is 43.7 Å². The zero-order valence-corrected chi connectivity index (χ0v) is 16.9. The average molecular weight is 389 g/mol. The molecule has 4 rings (SSSR count). The standard InChI is InChI=1S/C24H27N3O2/c1-18-6-5-9-21(16-18)24-25-22(29-26-24)10-11-23(28)27-14-12-20(13-15-27)17-19-7-3-2-4-8-19/h2-9,16,20H,10-15,17H2,1H3. The van der Waals surface area contributed by atoms with E-state index in [0.717, 1.165) is 43.5 Å². The third-order valence-electron chi connectivity index (χ3n) is 5.63. The van der Waals surface area contributed by atoms with Crippen molar-refractivity contribution in [1.29, 1.82) is 0 Å². The van der Waals surface area contributed by atoms with Crippen LogP contribution in [-0.4, -0.2) is 34.0 Å². The van der Waals surface area contributed by atoms with Crippen LogP contribution in [0.5, 0.6) is 0 Å². The van der Waals surface area contributed by atoms with Crippen LogP contribution in [0.15, 0.2) is 59.1 Å². The molecule has 1 aromatic heterocycles.